The molecule has 0 saturated heterocycles. The summed E-state index contributed by atoms with van der Waals surface area (Å²) in [6.07, 6.45) is 2.44. The number of aromatic nitrogens is 1. The highest BCUT2D eigenvalue weighted by atomic mass is 35.5. The Kier molecular flexibility index (Phi) is 2.34. The van der Waals surface area contributed by atoms with E-state index in [2.05, 4.69) is 4.98 Å². The average Bonchev–Trinajstić information content (AvgIpc) is 3.06. The van der Waals surface area contributed by atoms with E-state index in [0.717, 1.165) is 27.2 Å². The standard InChI is InChI=1S/C13H11Cl2N/c1-7-2-5-9(14)13-12(7)10(15)6-11(16-13)8-3-4-8/h2,5-6,8H,3-4H2,1H3. The highest BCUT2D eigenvalue weighted by molar-refractivity contribution is 6.39. The Hall–Kier alpha value is -0.790. The zero-order valence-electron chi connectivity index (χ0n) is 8.93. The Morgan fingerprint density at radius 2 is 1.94 bits per heavy atom. The zero-order chi connectivity index (χ0) is 11.3. The lowest BCUT2D eigenvalue weighted by atomic mass is 10.1. The van der Waals surface area contributed by atoms with Crippen LogP contribution in [0.5, 0.6) is 0 Å². The first kappa shape index (κ1) is 10.4. The first-order valence-electron chi connectivity index (χ1n) is 5.42. The largest absolute Gasteiger partial charge is 0.251 e. The molecule has 1 saturated carbocycles. The molecular formula is C13H11Cl2N. The van der Waals surface area contributed by atoms with Crippen LogP contribution in [-0.4, -0.2) is 4.98 Å². The van der Waals surface area contributed by atoms with Gasteiger partial charge in [-0.2, -0.15) is 0 Å². The number of fused-ring (bicyclic) bond motifs is 1. The average molecular weight is 252 g/mol. The van der Waals surface area contributed by atoms with E-state index in [4.69, 9.17) is 23.2 Å². The monoisotopic (exact) mass is 251 g/mol. The van der Waals surface area contributed by atoms with E-state index < -0.39 is 0 Å². The van der Waals surface area contributed by atoms with Gasteiger partial charge in [-0.15, -0.1) is 0 Å². The minimum absolute atomic E-state index is 0.596. The fourth-order valence-corrected chi connectivity index (χ4v) is 2.58. The molecule has 82 valence electrons. The number of nitrogens with zero attached hydrogens (tertiary/aromatic N) is 1. The van der Waals surface area contributed by atoms with Gasteiger partial charge in [0.15, 0.2) is 0 Å². The Bertz CT molecular complexity index is 574. The minimum Gasteiger partial charge on any atom is -0.251 e. The Morgan fingerprint density at radius 3 is 2.62 bits per heavy atom. The van der Waals surface area contributed by atoms with E-state index in [-0.39, 0.29) is 0 Å². The van der Waals surface area contributed by atoms with Crippen LogP contribution < -0.4 is 0 Å². The van der Waals surface area contributed by atoms with Crippen molar-refractivity contribution in [3.8, 4) is 0 Å². The fraction of sp³-hybridized carbons (Fsp3) is 0.308. The molecule has 3 rings (SSSR count). The number of pyridine rings is 1. The lowest BCUT2D eigenvalue weighted by Crippen LogP contribution is -1.91. The van der Waals surface area contributed by atoms with Crippen molar-refractivity contribution < 1.29 is 0 Å². The Labute approximate surface area is 104 Å². The third-order valence-electron chi connectivity index (χ3n) is 3.09. The molecule has 2 aromatic rings. The molecule has 1 aromatic heterocycles. The van der Waals surface area contributed by atoms with Crippen molar-refractivity contribution in [2.75, 3.05) is 0 Å². The number of halogens is 2. The van der Waals surface area contributed by atoms with Gasteiger partial charge in [0.05, 0.1) is 15.6 Å². The molecule has 0 atom stereocenters. The van der Waals surface area contributed by atoms with Crippen LogP contribution in [0.15, 0.2) is 18.2 Å². The van der Waals surface area contributed by atoms with E-state index in [0.29, 0.717) is 10.9 Å². The van der Waals surface area contributed by atoms with Gasteiger partial charge in [-0.3, -0.25) is 4.98 Å². The van der Waals surface area contributed by atoms with Crippen molar-refractivity contribution in [1.29, 1.82) is 0 Å². The van der Waals surface area contributed by atoms with Gasteiger partial charge in [-0.1, -0.05) is 29.3 Å². The summed E-state index contributed by atoms with van der Waals surface area (Å²) in [7, 11) is 0. The second-order valence-corrected chi connectivity index (χ2v) is 5.21. The van der Waals surface area contributed by atoms with Gasteiger partial charge in [0.2, 0.25) is 0 Å². The van der Waals surface area contributed by atoms with Crippen molar-refractivity contribution in [2.45, 2.75) is 25.7 Å². The van der Waals surface area contributed by atoms with Crippen molar-refractivity contribution >= 4 is 34.1 Å². The van der Waals surface area contributed by atoms with Crippen molar-refractivity contribution in [1.82, 2.24) is 4.98 Å². The van der Waals surface area contributed by atoms with E-state index in [1.54, 1.807) is 0 Å². The van der Waals surface area contributed by atoms with E-state index >= 15 is 0 Å². The smallest absolute Gasteiger partial charge is 0.0909 e. The molecule has 0 bridgehead atoms. The van der Waals surface area contributed by atoms with Crippen LogP contribution in [0.4, 0.5) is 0 Å². The summed E-state index contributed by atoms with van der Waals surface area (Å²) < 4.78 is 0. The van der Waals surface area contributed by atoms with Crippen molar-refractivity contribution in [3.63, 3.8) is 0 Å². The van der Waals surface area contributed by atoms with Gasteiger partial charge in [0, 0.05) is 17.0 Å². The van der Waals surface area contributed by atoms with E-state index in [1.165, 1.54) is 12.8 Å². The molecule has 0 N–H and O–H groups in total. The molecule has 0 spiro atoms. The Morgan fingerprint density at radius 1 is 1.19 bits per heavy atom. The molecule has 1 aliphatic rings. The molecule has 0 amide bonds. The topological polar surface area (TPSA) is 12.9 Å². The summed E-state index contributed by atoms with van der Waals surface area (Å²) in [6, 6.07) is 5.86. The number of hydrogen-bond acceptors (Lipinski definition) is 1. The van der Waals surface area contributed by atoms with Crippen molar-refractivity contribution in [2.24, 2.45) is 0 Å². The van der Waals surface area contributed by atoms with Crippen LogP contribution in [0.1, 0.15) is 30.0 Å². The number of rotatable bonds is 1. The van der Waals surface area contributed by atoms with Crippen LogP contribution in [0.2, 0.25) is 10.0 Å². The highest BCUT2D eigenvalue weighted by Gasteiger charge is 2.26. The van der Waals surface area contributed by atoms with E-state index in [1.807, 2.05) is 25.1 Å². The number of hydrogen-bond donors (Lipinski definition) is 0. The molecule has 1 heterocycles. The van der Waals surface area contributed by atoms with E-state index in [9.17, 15) is 0 Å². The van der Waals surface area contributed by atoms with Gasteiger partial charge < -0.3 is 0 Å². The first-order valence-corrected chi connectivity index (χ1v) is 6.17. The lowest BCUT2D eigenvalue weighted by Gasteiger charge is -2.08. The summed E-state index contributed by atoms with van der Waals surface area (Å²) >= 11 is 12.5. The first-order chi connectivity index (χ1) is 7.66. The molecule has 1 fully saturated rings. The van der Waals surface area contributed by atoms with Crippen LogP contribution >= 0.6 is 23.2 Å². The molecular weight excluding hydrogens is 241 g/mol. The molecule has 0 unspecified atom stereocenters. The van der Waals surface area contributed by atoms with Crippen molar-refractivity contribution in [3.05, 3.63) is 39.5 Å². The summed E-state index contributed by atoms with van der Waals surface area (Å²) in [5.74, 6) is 0.596. The predicted molar refractivity (Wildman–Crippen MR) is 68.5 cm³/mol. The second kappa shape index (κ2) is 3.61. The fourth-order valence-electron chi connectivity index (χ4n) is 2.03. The molecule has 1 nitrogen and oxygen atoms in total. The predicted octanol–water partition coefficient (Wildman–Crippen LogP) is 4.73. The molecule has 16 heavy (non-hydrogen) atoms. The van der Waals surface area contributed by atoms with Gasteiger partial charge >= 0.3 is 0 Å². The number of aryl methyl sites for hydroxylation is 1. The van der Waals surface area contributed by atoms with Crippen LogP contribution in [0, 0.1) is 6.92 Å². The summed E-state index contributed by atoms with van der Waals surface area (Å²) in [5, 5.41) is 2.44. The van der Waals surface area contributed by atoms with Crippen LogP contribution in [0.25, 0.3) is 10.9 Å². The number of benzene rings is 1. The molecule has 0 radical (unpaired) electrons. The van der Waals surface area contributed by atoms with Crippen LogP contribution in [0.3, 0.4) is 0 Å². The molecule has 3 heteroatoms. The summed E-state index contributed by atoms with van der Waals surface area (Å²) in [5.41, 5.74) is 3.06. The normalized spacial score (nSPS) is 15.7. The third kappa shape index (κ3) is 1.59. The summed E-state index contributed by atoms with van der Waals surface area (Å²) in [4.78, 5) is 4.64. The zero-order valence-corrected chi connectivity index (χ0v) is 10.4. The van der Waals surface area contributed by atoms with Gasteiger partial charge in [-0.05, 0) is 37.5 Å². The molecule has 0 aliphatic heterocycles. The van der Waals surface area contributed by atoms with Crippen LogP contribution in [-0.2, 0) is 0 Å². The maximum Gasteiger partial charge on any atom is 0.0909 e. The quantitative estimate of drug-likeness (QED) is 0.715. The van der Waals surface area contributed by atoms with Gasteiger partial charge in [0.1, 0.15) is 0 Å². The maximum atomic E-state index is 6.31. The minimum atomic E-state index is 0.596. The van der Waals surface area contributed by atoms with Gasteiger partial charge in [-0.25, -0.2) is 0 Å². The third-order valence-corrected chi connectivity index (χ3v) is 3.69. The maximum absolute atomic E-state index is 6.31. The van der Waals surface area contributed by atoms with Gasteiger partial charge in [0.25, 0.3) is 0 Å². The second-order valence-electron chi connectivity index (χ2n) is 4.39. The summed E-state index contributed by atoms with van der Waals surface area (Å²) in [6.45, 7) is 2.03. The molecule has 1 aliphatic carbocycles. The lowest BCUT2D eigenvalue weighted by molar-refractivity contribution is 1.04. The molecule has 1 aromatic carbocycles. The SMILES string of the molecule is Cc1ccc(Cl)c2nc(C3CC3)cc(Cl)c12. The Balaban J connectivity index is 2.36. The highest BCUT2D eigenvalue weighted by Crippen LogP contribution is 2.42.